The smallest absolute Gasteiger partial charge is 0.353 e. The summed E-state index contributed by atoms with van der Waals surface area (Å²) in [6.45, 7) is 3.05. The van der Waals surface area contributed by atoms with Crippen LogP contribution in [0.15, 0.2) is 36.7 Å². The molecular weight excluding hydrogens is 432 g/mol. The Hall–Kier alpha value is -3.20. The first-order valence-corrected chi connectivity index (χ1v) is 11.1. The molecule has 0 bridgehead atoms. The van der Waals surface area contributed by atoms with Gasteiger partial charge in [-0.05, 0) is 42.5 Å². The van der Waals surface area contributed by atoms with Crippen LogP contribution in [0.5, 0.6) is 0 Å². The van der Waals surface area contributed by atoms with Gasteiger partial charge in [0.25, 0.3) is 0 Å². The number of nitrogens with zero attached hydrogens (tertiary/aromatic N) is 5. The quantitative estimate of drug-likeness (QED) is 0.366. The van der Waals surface area contributed by atoms with Gasteiger partial charge in [0.05, 0.1) is 4.92 Å². The van der Waals surface area contributed by atoms with Gasteiger partial charge in [-0.25, -0.2) is 9.97 Å². The molecule has 2 aliphatic heterocycles. The fraction of sp³-hybridized carbons (Fsp3) is 0.409. The Kier molecular flexibility index (Phi) is 6.84. The van der Waals surface area contributed by atoms with E-state index in [9.17, 15) is 14.9 Å². The highest BCUT2D eigenvalue weighted by Gasteiger charge is 2.28. The van der Waals surface area contributed by atoms with Crippen molar-refractivity contribution in [2.24, 2.45) is 0 Å². The van der Waals surface area contributed by atoms with Crippen LogP contribution in [0.1, 0.15) is 31.2 Å². The van der Waals surface area contributed by atoms with Crippen molar-refractivity contribution in [3.05, 3.63) is 57.4 Å². The molecule has 0 spiro atoms. The number of aromatic nitrogens is 2. The van der Waals surface area contributed by atoms with Crippen molar-refractivity contribution in [1.29, 1.82) is 0 Å². The molecule has 4 rings (SSSR count). The van der Waals surface area contributed by atoms with Gasteiger partial charge in [-0.3, -0.25) is 14.9 Å². The lowest BCUT2D eigenvalue weighted by atomic mass is 9.99. The predicted octanol–water partition coefficient (Wildman–Crippen LogP) is 3.76. The minimum absolute atomic E-state index is 0.118. The fourth-order valence-corrected chi connectivity index (χ4v) is 4.23. The van der Waals surface area contributed by atoms with Gasteiger partial charge < -0.3 is 15.1 Å². The van der Waals surface area contributed by atoms with E-state index in [2.05, 4.69) is 21.4 Å². The Morgan fingerprint density at radius 2 is 1.97 bits per heavy atom. The molecule has 0 radical (unpaired) electrons. The number of likely N-dealkylation sites (tertiary alicyclic amines) is 1. The Balaban J connectivity index is 1.43. The number of halogens is 1. The number of amides is 1. The zero-order valence-corrected chi connectivity index (χ0v) is 18.4. The predicted molar refractivity (Wildman–Crippen MR) is 124 cm³/mol. The summed E-state index contributed by atoms with van der Waals surface area (Å²) in [5, 5.41) is 15.6. The molecule has 1 saturated heterocycles. The van der Waals surface area contributed by atoms with E-state index >= 15 is 0 Å². The standard InChI is InChI=1S/C22H25ClN6O3/c23-18-6-4-16(5-7-18)17-8-13-28(14-9-17)22-20(29(31)32)21(25-15-26-22)24-10-2-12-27-11-1-3-19(27)30/h4-8,15H,1-3,9-14H2,(H,24,25,26). The molecule has 0 unspecified atom stereocenters. The maximum Gasteiger partial charge on any atom is 0.353 e. The highest BCUT2D eigenvalue weighted by atomic mass is 35.5. The minimum Gasteiger partial charge on any atom is -0.364 e. The third kappa shape index (κ3) is 4.99. The first-order valence-electron chi connectivity index (χ1n) is 10.7. The Bertz CT molecular complexity index is 1030. The number of hydrogen-bond acceptors (Lipinski definition) is 7. The molecular formula is C22H25ClN6O3. The van der Waals surface area contributed by atoms with Gasteiger partial charge in [-0.1, -0.05) is 29.8 Å². The third-order valence-corrected chi connectivity index (χ3v) is 6.03. The topological polar surface area (TPSA) is 104 Å². The first kappa shape index (κ1) is 22.0. The zero-order chi connectivity index (χ0) is 22.5. The van der Waals surface area contributed by atoms with E-state index in [1.807, 2.05) is 34.1 Å². The lowest BCUT2D eigenvalue weighted by Gasteiger charge is -2.27. The lowest BCUT2D eigenvalue weighted by Crippen LogP contribution is -2.30. The molecule has 1 amide bonds. The SMILES string of the molecule is O=C1CCCN1CCCNc1ncnc(N2CC=C(c3ccc(Cl)cc3)CC2)c1[N+](=O)[O-]. The number of carbonyl (C=O) groups is 1. The second-order valence-corrected chi connectivity index (χ2v) is 8.28. The third-order valence-electron chi connectivity index (χ3n) is 5.78. The van der Waals surface area contributed by atoms with E-state index < -0.39 is 4.92 Å². The van der Waals surface area contributed by atoms with Gasteiger partial charge in [0, 0.05) is 44.2 Å². The van der Waals surface area contributed by atoms with Crippen LogP contribution in [0.4, 0.5) is 17.3 Å². The van der Waals surface area contributed by atoms with E-state index in [0.717, 1.165) is 24.9 Å². The molecule has 0 saturated carbocycles. The van der Waals surface area contributed by atoms with Gasteiger partial charge in [-0.2, -0.15) is 0 Å². The molecule has 9 nitrogen and oxygen atoms in total. The second kappa shape index (κ2) is 9.95. The van der Waals surface area contributed by atoms with Crippen molar-refractivity contribution in [2.45, 2.75) is 25.7 Å². The largest absolute Gasteiger partial charge is 0.364 e. The second-order valence-electron chi connectivity index (χ2n) is 7.85. The summed E-state index contributed by atoms with van der Waals surface area (Å²) in [5.74, 6) is 0.699. The van der Waals surface area contributed by atoms with Crippen molar-refractivity contribution >= 4 is 40.4 Å². The highest BCUT2D eigenvalue weighted by molar-refractivity contribution is 6.30. The van der Waals surface area contributed by atoms with Crippen LogP contribution >= 0.6 is 11.6 Å². The summed E-state index contributed by atoms with van der Waals surface area (Å²) in [6, 6.07) is 7.68. The number of hydrogen-bond donors (Lipinski definition) is 1. The number of rotatable bonds is 8. The molecule has 32 heavy (non-hydrogen) atoms. The van der Waals surface area contributed by atoms with Gasteiger partial charge >= 0.3 is 5.69 Å². The molecule has 2 aromatic rings. The number of carbonyl (C=O) groups excluding carboxylic acids is 1. The summed E-state index contributed by atoms with van der Waals surface area (Å²) >= 11 is 5.97. The lowest BCUT2D eigenvalue weighted by molar-refractivity contribution is -0.383. The van der Waals surface area contributed by atoms with Crippen LogP contribution in [0, 0.1) is 10.1 Å². The van der Waals surface area contributed by atoms with Gasteiger partial charge in [0.2, 0.25) is 17.5 Å². The summed E-state index contributed by atoms with van der Waals surface area (Å²) in [6.07, 6.45) is 6.37. The minimum atomic E-state index is -0.430. The average molecular weight is 457 g/mol. The van der Waals surface area contributed by atoms with E-state index in [-0.39, 0.29) is 17.4 Å². The molecule has 3 heterocycles. The average Bonchev–Trinajstić information content (AvgIpc) is 3.21. The number of nitro groups is 1. The monoisotopic (exact) mass is 456 g/mol. The zero-order valence-electron chi connectivity index (χ0n) is 17.7. The molecule has 0 atom stereocenters. The Labute approximate surface area is 191 Å². The maximum absolute atomic E-state index is 11.9. The molecule has 2 aliphatic rings. The number of benzene rings is 1. The summed E-state index contributed by atoms with van der Waals surface area (Å²) in [5.41, 5.74) is 2.17. The van der Waals surface area contributed by atoms with E-state index in [0.29, 0.717) is 49.9 Å². The molecule has 10 heteroatoms. The van der Waals surface area contributed by atoms with Crippen molar-refractivity contribution in [3.63, 3.8) is 0 Å². The number of anilines is 2. The fourth-order valence-electron chi connectivity index (χ4n) is 4.10. The van der Waals surface area contributed by atoms with Gasteiger partial charge in [0.15, 0.2) is 0 Å². The summed E-state index contributed by atoms with van der Waals surface area (Å²) in [7, 11) is 0. The van der Waals surface area contributed by atoms with Crippen LogP contribution in [-0.4, -0.2) is 58.4 Å². The molecule has 1 N–H and O–H groups in total. The van der Waals surface area contributed by atoms with Crippen LogP contribution in [0.25, 0.3) is 5.57 Å². The first-order chi connectivity index (χ1) is 15.5. The van der Waals surface area contributed by atoms with E-state index in [1.165, 1.54) is 11.9 Å². The van der Waals surface area contributed by atoms with Crippen molar-refractivity contribution in [3.8, 4) is 0 Å². The highest BCUT2D eigenvalue weighted by Crippen LogP contribution is 2.34. The Morgan fingerprint density at radius 3 is 2.62 bits per heavy atom. The number of nitrogens with one attached hydrogen (secondary N) is 1. The van der Waals surface area contributed by atoms with Crippen LogP contribution in [0.3, 0.4) is 0 Å². The van der Waals surface area contributed by atoms with Crippen LogP contribution in [-0.2, 0) is 4.79 Å². The maximum atomic E-state index is 11.9. The van der Waals surface area contributed by atoms with E-state index in [4.69, 9.17) is 11.6 Å². The molecule has 1 aromatic heterocycles. The van der Waals surface area contributed by atoms with Crippen molar-refractivity contribution in [2.75, 3.05) is 42.9 Å². The van der Waals surface area contributed by atoms with Gasteiger partial charge in [0.1, 0.15) is 6.33 Å². The normalized spacial score (nSPS) is 16.3. The molecule has 1 aromatic carbocycles. The van der Waals surface area contributed by atoms with Gasteiger partial charge in [-0.15, -0.1) is 0 Å². The van der Waals surface area contributed by atoms with Crippen LogP contribution < -0.4 is 10.2 Å². The molecule has 1 fully saturated rings. The Morgan fingerprint density at radius 1 is 1.16 bits per heavy atom. The summed E-state index contributed by atoms with van der Waals surface area (Å²) < 4.78 is 0. The van der Waals surface area contributed by atoms with Crippen LogP contribution in [0.2, 0.25) is 5.02 Å². The van der Waals surface area contributed by atoms with Crippen molar-refractivity contribution in [1.82, 2.24) is 14.9 Å². The van der Waals surface area contributed by atoms with Crippen molar-refractivity contribution < 1.29 is 9.72 Å². The summed E-state index contributed by atoms with van der Waals surface area (Å²) in [4.78, 5) is 35.2. The van der Waals surface area contributed by atoms with E-state index in [1.54, 1.807) is 0 Å². The molecule has 168 valence electrons. The molecule has 0 aliphatic carbocycles.